The van der Waals surface area contributed by atoms with Gasteiger partial charge in [-0.15, -0.1) is 0 Å². The lowest BCUT2D eigenvalue weighted by Crippen LogP contribution is -2.40. The summed E-state index contributed by atoms with van der Waals surface area (Å²) in [5, 5.41) is 0. The first kappa shape index (κ1) is 13.0. The highest BCUT2D eigenvalue weighted by atomic mass is 16.5. The van der Waals surface area contributed by atoms with Gasteiger partial charge in [-0.05, 0) is 44.2 Å². The van der Waals surface area contributed by atoms with Crippen LogP contribution in [0, 0.1) is 10.8 Å². The quantitative estimate of drug-likeness (QED) is 0.706. The molecule has 0 bridgehead atoms. The van der Waals surface area contributed by atoms with E-state index in [0.29, 0.717) is 12.0 Å². The molecule has 98 valence electrons. The fourth-order valence-corrected chi connectivity index (χ4v) is 2.96. The molecule has 0 aromatic heterocycles. The largest absolute Gasteiger partial charge is 0.380 e. The van der Waals surface area contributed by atoms with Crippen molar-refractivity contribution in [3.05, 3.63) is 0 Å². The zero-order valence-electron chi connectivity index (χ0n) is 11.2. The molecular formula is C14H25NO2. The number of carbonyl (C=O) groups is 1. The Bertz CT molecular complexity index is 269. The summed E-state index contributed by atoms with van der Waals surface area (Å²) in [5.41, 5.74) is 0.254. The van der Waals surface area contributed by atoms with Crippen LogP contribution in [0.5, 0.6) is 0 Å². The van der Waals surface area contributed by atoms with E-state index in [0.717, 1.165) is 38.9 Å². The van der Waals surface area contributed by atoms with E-state index in [1.54, 1.807) is 0 Å². The summed E-state index contributed by atoms with van der Waals surface area (Å²) in [6.45, 7) is 9.23. The highest BCUT2D eigenvalue weighted by molar-refractivity contribution is 5.60. The Morgan fingerprint density at radius 3 is 2.71 bits per heavy atom. The lowest BCUT2D eigenvalue weighted by Gasteiger charge is -2.29. The van der Waals surface area contributed by atoms with E-state index >= 15 is 0 Å². The van der Waals surface area contributed by atoms with Gasteiger partial charge in [-0.2, -0.15) is 0 Å². The molecule has 2 aliphatic heterocycles. The van der Waals surface area contributed by atoms with Crippen LogP contribution in [0.4, 0.5) is 0 Å². The summed E-state index contributed by atoms with van der Waals surface area (Å²) < 4.78 is 5.41. The van der Waals surface area contributed by atoms with E-state index in [-0.39, 0.29) is 5.41 Å². The molecule has 0 saturated carbocycles. The fourth-order valence-electron chi connectivity index (χ4n) is 2.96. The minimum absolute atomic E-state index is 0.214. The van der Waals surface area contributed by atoms with E-state index in [1.807, 2.05) is 0 Å². The number of nitrogens with zero attached hydrogens (tertiary/aromatic N) is 1. The van der Waals surface area contributed by atoms with E-state index in [4.69, 9.17) is 4.74 Å². The Hall–Kier alpha value is -0.410. The van der Waals surface area contributed by atoms with Gasteiger partial charge in [0.2, 0.25) is 0 Å². The van der Waals surface area contributed by atoms with Crippen molar-refractivity contribution in [1.82, 2.24) is 4.90 Å². The lowest BCUT2D eigenvalue weighted by atomic mass is 9.85. The van der Waals surface area contributed by atoms with Crippen molar-refractivity contribution in [2.75, 3.05) is 32.8 Å². The third-order valence-corrected chi connectivity index (χ3v) is 4.36. The molecule has 2 saturated heterocycles. The maximum absolute atomic E-state index is 11.3. The highest BCUT2D eigenvalue weighted by Crippen LogP contribution is 2.32. The third-order valence-electron chi connectivity index (χ3n) is 4.36. The Labute approximate surface area is 105 Å². The summed E-state index contributed by atoms with van der Waals surface area (Å²) >= 11 is 0. The van der Waals surface area contributed by atoms with Crippen LogP contribution in [0.2, 0.25) is 0 Å². The topological polar surface area (TPSA) is 29.5 Å². The van der Waals surface area contributed by atoms with Gasteiger partial charge in [-0.3, -0.25) is 0 Å². The first-order valence-electron chi connectivity index (χ1n) is 6.82. The first-order chi connectivity index (χ1) is 8.05. The fraction of sp³-hybridized carbons (Fsp3) is 0.929. The van der Waals surface area contributed by atoms with Crippen LogP contribution >= 0.6 is 0 Å². The molecule has 17 heavy (non-hydrogen) atoms. The van der Waals surface area contributed by atoms with E-state index in [2.05, 4.69) is 18.7 Å². The van der Waals surface area contributed by atoms with Crippen LogP contribution in [-0.4, -0.2) is 44.0 Å². The Morgan fingerprint density at radius 1 is 1.24 bits per heavy atom. The second-order valence-electron chi connectivity index (χ2n) is 6.58. The van der Waals surface area contributed by atoms with E-state index in [1.165, 1.54) is 19.3 Å². The monoisotopic (exact) mass is 239 g/mol. The average molecular weight is 239 g/mol. The van der Waals surface area contributed by atoms with Gasteiger partial charge < -0.3 is 14.4 Å². The Balaban J connectivity index is 1.92. The van der Waals surface area contributed by atoms with Gasteiger partial charge in [-0.25, -0.2) is 0 Å². The standard InChI is InChI=1S/C14H25NO2/c1-13(2)4-3-7-15(8-5-13)10-14(11-16)6-9-17-12-14/h11H,3-10,12H2,1-2H3. The van der Waals surface area contributed by atoms with Gasteiger partial charge in [0.25, 0.3) is 0 Å². The van der Waals surface area contributed by atoms with Crippen LogP contribution in [0.15, 0.2) is 0 Å². The molecule has 2 rings (SSSR count). The van der Waals surface area contributed by atoms with Gasteiger partial charge in [0, 0.05) is 13.2 Å². The Kier molecular flexibility index (Phi) is 3.88. The maximum Gasteiger partial charge on any atom is 0.129 e. The van der Waals surface area contributed by atoms with Crippen molar-refractivity contribution >= 4 is 6.29 Å². The van der Waals surface area contributed by atoms with Gasteiger partial charge in [0.1, 0.15) is 6.29 Å². The highest BCUT2D eigenvalue weighted by Gasteiger charge is 2.37. The third kappa shape index (κ3) is 3.29. The normalized spacial score (nSPS) is 34.5. The smallest absolute Gasteiger partial charge is 0.129 e. The molecule has 0 aromatic carbocycles. The molecule has 3 heteroatoms. The van der Waals surface area contributed by atoms with E-state index < -0.39 is 0 Å². The predicted octanol–water partition coefficient (Wildman–Crippen LogP) is 2.10. The van der Waals surface area contributed by atoms with Gasteiger partial charge in [-0.1, -0.05) is 13.8 Å². The van der Waals surface area contributed by atoms with Gasteiger partial charge >= 0.3 is 0 Å². The summed E-state index contributed by atoms with van der Waals surface area (Å²) in [5.74, 6) is 0. The van der Waals surface area contributed by atoms with Crippen molar-refractivity contribution in [3.8, 4) is 0 Å². The number of ether oxygens (including phenoxy) is 1. The van der Waals surface area contributed by atoms with Crippen LogP contribution < -0.4 is 0 Å². The first-order valence-corrected chi connectivity index (χ1v) is 6.82. The summed E-state index contributed by atoms with van der Waals surface area (Å²) in [6, 6.07) is 0. The second-order valence-corrected chi connectivity index (χ2v) is 6.58. The second kappa shape index (κ2) is 5.07. The van der Waals surface area contributed by atoms with Crippen molar-refractivity contribution in [1.29, 1.82) is 0 Å². The van der Waals surface area contributed by atoms with Gasteiger partial charge in [0.15, 0.2) is 0 Å². The minimum Gasteiger partial charge on any atom is -0.380 e. The summed E-state index contributed by atoms with van der Waals surface area (Å²) in [6.07, 6.45) is 5.83. The summed E-state index contributed by atoms with van der Waals surface area (Å²) in [7, 11) is 0. The molecule has 0 spiro atoms. The number of aldehydes is 1. The van der Waals surface area contributed by atoms with Crippen molar-refractivity contribution < 1.29 is 9.53 Å². The molecule has 0 radical (unpaired) electrons. The average Bonchev–Trinajstić information content (AvgIpc) is 2.68. The van der Waals surface area contributed by atoms with Crippen LogP contribution in [0.3, 0.4) is 0 Å². The molecule has 0 aromatic rings. The molecule has 2 fully saturated rings. The lowest BCUT2D eigenvalue weighted by molar-refractivity contribution is -0.117. The van der Waals surface area contributed by atoms with Crippen molar-refractivity contribution in [2.45, 2.75) is 39.5 Å². The maximum atomic E-state index is 11.3. The number of rotatable bonds is 3. The molecule has 3 nitrogen and oxygen atoms in total. The minimum atomic E-state index is -0.214. The molecule has 0 amide bonds. The molecule has 0 N–H and O–H groups in total. The molecule has 0 aliphatic carbocycles. The molecule has 2 heterocycles. The molecule has 2 aliphatic rings. The van der Waals surface area contributed by atoms with Crippen LogP contribution in [0.25, 0.3) is 0 Å². The van der Waals surface area contributed by atoms with Gasteiger partial charge in [0.05, 0.1) is 12.0 Å². The summed E-state index contributed by atoms with van der Waals surface area (Å²) in [4.78, 5) is 13.8. The van der Waals surface area contributed by atoms with Crippen molar-refractivity contribution in [3.63, 3.8) is 0 Å². The van der Waals surface area contributed by atoms with Crippen LogP contribution in [-0.2, 0) is 9.53 Å². The Morgan fingerprint density at radius 2 is 2.06 bits per heavy atom. The van der Waals surface area contributed by atoms with Crippen LogP contribution in [0.1, 0.15) is 39.5 Å². The molecular weight excluding hydrogens is 214 g/mol. The number of likely N-dealkylation sites (tertiary alicyclic amines) is 1. The van der Waals surface area contributed by atoms with E-state index in [9.17, 15) is 4.79 Å². The number of hydrogen-bond donors (Lipinski definition) is 0. The molecule has 1 unspecified atom stereocenters. The zero-order chi connectivity index (χ0) is 12.4. The number of hydrogen-bond acceptors (Lipinski definition) is 3. The predicted molar refractivity (Wildman–Crippen MR) is 68.0 cm³/mol. The number of carbonyl (C=O) groups excluding carboxylic acids is 1. The SMILES string of the molecule is CC1(C)CCCN(CC2(C=O)CCOC2)CC1. The van der Waals surface area contributed by atoms with Crippen molar-refractivity contribution in [2.24, 2.45) is 10.8 Å². The zero-order valence-corrected chi connectivity index (χ0v) is 11.2. The molecule has 1 atom stereocenters.